The van der Waals surface area contributed by atoms with Gasteiger partial charge in [-0.25, -0.2) is 0 Å². The highest BCUT2D eigenvalue weighted by molar-refractivity contribution is 5.97. The Morgan fingerprint density at radius 1 is 1.35 bits per heavy atom. The minimum absolute atomic E-state index is 0.113. The first-order valence-electron chi connectivity index (χ1n) is 5.26. The molecule has 0 aliphatic heterocycles. The van der Waals surface area contributed by atoms with E-state index in [2.05, 4.69) is 10.3 Å². The van der Waals surface area contributed by atoms with Crippen LogP contribution in [0, 0.1) is 0 Å². The number of hydrogen-bond acceptors (Lipinski definition) is 2. The van der Waals surface area contributed by atoms with Crippen molar-refractivity contribution in [2.24, 2.45) is 0 Å². The van der Waals surface area contributed by atoms with Crippen LogP contribution in [-0.2, 0) is 0 Å². The van der Waals surface area contributed by atoms with E-state index >= 15 is 0 Å². The molecule has 0 saturated carbocycles. The lowest BCUT2D eigenvalue weighted by atomic mass is 10.1. The van der Waals surface area contributed by atoms with Crippen LogP contribution in [0.4, 0.5) is 0 Å². The number of carbonyl (C=O) groups is 1. The van der Waals surface area contributed by atoms with Gasteiger partial charge in [0.25, 0.3) is 11.5 Å². The van der Waals surface area contributed by atoms with Crippen LogP contribution >= 0.6 is 0 Å². The van der Waals surface area contributed by atoms with Gasteiger partial charge in [0, 0.05) is 5.52 Å². The van der Waals surface area contributed by atoms with Gasteiger partial charge in [0.15, 0.2) is 0 Å². The van der Waals surface area contributed by atoms with Gasteiger partial charge in [-0.05, 0) is 30.6 Å². The van der Waals surface area contributed by atoms with Crippen LogP contribution in [0.3, 0.4) is 0 Å². The highest BCUT2D eigenvalue weighted by Crippen LogP contribution is 2.09. The van der Waals surface area contributed by atoms with Gasteiger partial charge in [0.2, 0.25) is 0 Å². The number of para-hydroxylation sites is 1. The van der Waals surface area contributed by atoms with E-state index in [1.807, 2.05) is 18.2 Å². The van der Waals surface area contributed by atoms with E-state index < -0.39 is 5.91 Å². The summed E-state index contributed by atoms with van der Waals surface area (Å²) in [6.07, 6.45) is 3.18. The molecule has 0 unspecified atom stereocenters. The molecule has 1 aromatic carbocycles. The molecule has 17 heavy (non-hydrogen) atoms. The SMILES string of the molecule is C/C=C/NC(=O)c1cc2ccccc2[nH]c1=O. The van der Waals surface area contributed by atoms with Crippen molar-refractivity contribution in [3.8, 4) is 0 Å². The number of carbonyl (C=O) groups excluding carboxylic acids is 1. The normalized spacial score (nSPS) is 10.9. The topological polar surface area (TPSA) is 62.0 Å². The Morgan fingerprint density at radius 3 is 2.88 bits per heavy atom. The van der Waals surface area contributed by atoms with E-state index in [4.69, 9.17) is 0 Å². The van der Waals surface area contributed by atoms with Crippen molar-refractivity contribution in [1.82, 2.24) is 10.3 Å². The quantitative estimate of drug-likeness (QED) is 0.823. The summed E-state index contributed by atoms with van der Waals surface area (Å²) in [4.78, 5) is 26.1. The van der Waals surface area contributed by atoms with E-state index in [1.165, 1.54) is 6.20 Å². The number of amides is 1. The number of aromatic nitrogens is 1. The van der Waals surface area contributed by atoms with Crippen LogP contribution in [0.25, 0.3) is 10.9 Å². The molecule has 0 spiro atoms. The number of allylic oxidation sites excluding steroid dienone is 1. The molecule has 1 heterocycles. The maximum absolute atomic E-state index is 11.7. The number of aromatic amines is 1. The molecule has 0 radical (unpaired) electrons. The highest BCUT2D eigenvalue weighted by Gasteiger charge is 2.09. The third-order valence-corrected chi connectivity index (χ3v) is 2.38. The second kappa shape index (κ2) is 4.65. The average Bonchev–Trinajstić information content (AvgIpc) is 2.35. The summed E-state index contributed by atoms with van der Waals surface area (Å²) >= 11 is 0. The van der Waals surface area contributed by atoms with E-state index in [0.29, 0.717) is 0 Å². The summed E-state index contributed by atoms with van der Waals surface area (Å²) in [6.45, 7) is 1.78. The first-order chi connectivity index (χ1) is 8.22. The van der Waals surface area contributed by atoms with Crippen LogP contribution in [0.2, 0.25) is 0 Å². The Labute approximate surface area is 98.0 Å². The van der Waals surface area contributed by atoms with Gasteiger partial charge in [-0.3, -0.25) is 9.59 Å². The molecule has 0 atom stereocenters. The minimum Gasteiger partial charge on any atom is -0.329 e. The standard InChI is InChI=1S/C13H12N2O2/c1-2-7-14-12(16)10-8-9-5-3-4-6-11(9)15-13(10)17/h2-8H,1H3,(H,14,16)(H,15,17)/b7-2+. The molecule has 4 nitrogen and oxygen atoms in total. The van der Waals surface area contributed by atoms with Gasteiger partial charge in [0.05, 0.1) is 0 Å². The second-order valence-electron chi connectivity index (χ2n) is 3.57. The smallest absolute Gasteiger partial charge is 0.261 e. The molecule has 2 N–H and O–H groups in total. The number of rotatable bonds is 2. The predicted molar refractivity (Wildman–Crippen MR) is 66.8 cm³/mol. The van der Waals surface area contributed by atoms with Gasteiger partial charge in [-0.2, -0.15) is 0 Å². The highest BCUT2D eigenvalue weighted by atomic mass is 16.2. The molecule has 0 aliphatic carbocycles. The molecule has 0 aliphatic rings. The summed E-state index contributed by atoms with van der Waals surface area (Å²) < 4.78 is 0. The van der Waals surface area contributed by atoms with Gasteiger partial charge in [-0.1, -0.05) is 24.3 Å². The Hall–Kier alpha value is -2.36. The summed E-state index contributed by atoms with van der Waals surface area (Å²) in [5.41, 5.74) is 0.451. The van der Waals surface area contributed by atoms with Crippen LogP contribution < -0.4 is 10.9 Å². The summed E-state index contributed by atoms with van der Waals surface area (Å²) in [5.74, 6) is -0.407. The molecular formula is C13H12N2O2. The van der Waals surface area contributed by atoms with Gasteiger partial charge in [-0.15, -0.1) is 0 Å². The second-order valence-corrected chi connectivity index (χ2v) is 3.57. The number of benzene rings is 1. The van der Waals surface area contributed by atoms with Crippen molar-refractivity contribution in [2.75, 3.05) is 0 Å². The molecule has 4 heteroatoms. The van der Waals surface area contributed by atoms with Crippen molar-refractivity contribution in [2.45, 2.75) is 6.92 Å². The largest absolute Gasteiger partial charge is 0.329 e. The number of nitrogens with one attached hydrogen (secondary N) is 2. The lowest BCUT2D eigenvalue weighted by Gasteiger charge is -2.02. The fourth-order valence-corrected chi connectivity index (χ4v) is 1.55. The van der Waals surface area contributed by atoms with Crippen molar-refractivity contribution in [1.29, 1.82) is 0 Å². The minimum atomic E-state index is -0.407. The zero-order valence-corrected chi connectivity index (χ0v) is 9.36. The fourth-order valence-electron chi connectivity index (χ4n) is 1.55. The van der Waals surface area contributed by atoms with E-state index in [-0.39, 0.29) is 11.1 Å². The molecule has 1 aromatic heterocycles. The zero-order valence-electron chi connectivity index (χ0n) is 9.36. The zero-order chi connectivity index (χ0) is 12.3. The van der Waals surface area contributed by atoms with Crippen molar-refractivity contribution in [3.63, 3.8) is 0 Å². The third kappa shape index (κ3) is 2.25. The van der Waals surface area contributed by atoms with Crippen molar-refractivity contribution >= 4 is 16.8 Å². The Kier molecular flexibility index (Phi) is 3.05. The maximum Gasteiger partial charge on any atom is 0.261 e. The van der Waals surface area contributed by atoms with Crippen LogP contribution in [0.1, 0.15) is 17.3 Å². The van der Waals surface area contributed by atoms with Gasteiger partial charge in [0.1, 0.15) is 5.56 Å². The molecule has 0 saturated heterocycles. The monoisotopic (exact) mass is 228 g/mol. The first kappa shape index (κ1) is 11.1. The average molecular weight is 228 g/mol. The van der Waals surface area contributed by atoms with Crippen LogP contribution in [0.5, 0.6) is 0 Å². The van der Waals surface area contributed by atoms with E-state index in [1.54, 1.807) is 25.1 Å². The lowest BCUT2D eigenvalue weighted by molar-refractivity contribution is 0.0969. The summed E-state index contributed by atoms with van der Waals surface area (Å²) in [7, 11) is 0. The van der Waals surface area contributed by atoms with Crippen LogP contribution in [0.15, 0.2) is 47.4 Å². The molecule has 2 aromatic rings. The molecule has 0 fully saturated rings. The fraction of sp³-hybridized carbons (Fsp3) is 0.0769. The Morgan fingerprint density at radius 2 is 2.12 bits per heavy atom. The van der Waals surface area contributed by atoms with Crippen molar-refractivity contribution in [3.05, 3.63) is 58.5 Å². The molecular weight excluding hydrogens is 216 g/mol. The molecule has 2 rings (SSSR count). The maximum atomic E-state index is 11.7. The summed E-state index contributed by atoms with van der Waals surface area (Å²) in [6, 6.07) is 8.92. The van der Waals surface area contributed by atoms with E-state index in [0.717, 1.165) is 10.9 Å². The molecule has 1 amide bonds. The first-order valence-corrected chi connectivity index (χ1v) is 5.26. The Bertz CT molecular complexity index is 641. The van der Waals surface area contributed by atoms with Gasteiger partial charge < -0.3 is 10.3 Å². The lowest BCUT2D eigenvalue weighted by Crippen LogP contribution is -2.25. The van der Waals surface area contributed by atoms with E-state index in [9.17, 15) is 9.59 Å². The van der Waals surface area contributed by atoms with Crippen molar-refractivity contribution < 1.29 is 4.79 Å². The van der Waals surface area contributed by atoms with Gasteiger partial charge >= 0.3 is 0 Å². The third-order valence-electron chi connectivity index (χ3n) is 2.38. The number of hydrogen-bond donors (Lipinski definition) is 2. The summed E-state index contributed by atoms with van der Waals surface area (Å²) in [5, 5.41) is 3.35. The predicted octanol–water partition coefficient (Wildman–Crippen LogP) is 1.79. The number of H-pyrrole nitrogens is 1. The van der Waals surface area contributed by atoms with Crippen LogP contribution in [-0.4, -0.2) is 10.9 Å². The molecule has 86 valence electrons. The molecule has 0 bridgehead atoms. The Balaban J connectivity index is 2.51. The number of pyridine rings is 1. The number of fused-ring (bicyclic) bond motifs is 1.